The second kappa shape index (κ2) is 8.93. The summed E-state index contributed by atoms with van der Waals surface area (Å²) in [5, 5.41) is 10.4. The van der Waals surface area contributed by atoms with Crippen LogP contribution < -0.4 is 4.90 Å². The summed E-state index contributed by atoms with van der Waals surface area (Å²) in [5.41, 5.74) is 0.625. The van der Waals surface area contributed by atoms with Gasteiger partial charge in [0.05, 0.1) is 16.9 Å². The van der Waals surface area contributed by atoms with Gasteiger partial charge in [0.2, 0.25) is 5.95 Å². The lowest BCUT2D eigenvalue weighted by atomic mass is 10.1. The summed E-state index contributed by atoms with van der Waals surface area (Å²) in [6, 6.07) is 2.95. The van der Waals surface area contributed by atoms with Gasteiger partial charge in [0, 0.05) is 45.0 Å². The van der Waals surface area contributed by atoms with E-state index in [1.165, 1.54) is 9.69 Å². The number of halogens is 2. The first kappa shape index (κ1) is 22.1. The van der Waals surface area contributed by atoms with E-state index in [1.807, 2.05) is 4.90 Å². The van der Waals surface area contributed by atoms with Gasteiger partial charge in [-0.3, -0.25) is 4.98 Å². The van der Waals surface area contributed by atoms with Crippen molar-refractivity contribution in [2.24, 2.45) is 5.10 Å². The van der Waals surface area contributed by atoms with Crippen molar-refractivity contribution in [1.29, 1.82) is 0 Å². The van der Waals surface area contributed by atoms with E-state index < -0.39 is 5.82 Å². The predicted molar refractivity (Wildman–Crippen MR) is 122 cm³/mol. The van der Waals surface area contributed by atoms with Crippen molar-refractivity contribution in [2.75, 3.05) is 31.1 Å². The number of carbonyl (C=O) groups is 1. The molecule has 11 nitrogen and oxygen atoms in total. The maximum Gasteiger partial charge on any atom is 0.341 e. The molecule has 2 amide bonds. The van der Waals surface area contributed by atoms with Gasteiger partial charge in [0.15, 0.2) is 11.6 Å². The Balaban J connectivity index is 1.28. The molecule has 0 unspecified atom stereocenters. The van der Waals surface area contributed by atoms with Crippen LogP contribution in [-0.4, -0.2) is 78.0 Å². The lowest BCUT2D eigenvalue weighted by Crippen LogP contribution is -2.52. The minimum Gasteiger partial charge on any atom is -0.337 e. The number of piperazine rings is 1. The number of aryl methyl sites for hydroxylation is 2. The monoisotopic (exact) mass is 484 g/mol. The normalized spacial score (nSPS) is 18.1. The molecule has 0 saturated carbocycles. The number of carbonyl (C=O) groups excluding carboxylic acids is 1. The Bertz CT molecular complexity index is 1260. The van der Waals surface area contributed by atoms with E-state index in [0.29, 0.717) is 60.9 Å². The van der Waals surface area contributed by atoms with Gasteiger partial charge in [-0.25, -0.2) is 24.2 Å². The van der Waals surface area contributed by atoms with Crippen LogP contribution in [-0.2, 0) is 0 Å². The Hall–Kier alpha value is -3.67. The summed E-state index contributed by atoms with van der Waals surface area (Å²) in [4.78, 5) is 33.9. The Morgan fingerprint density at radius 2 is 1.94 bits per heavy atom. The zero-order valence-corrected chi connectivity index (χ0v) is 19.4. The van der Waals surface area contributed by atoms with E-state index in [9.17, 15) is 9.18 Å². The fourth-order valence-electron chi connectivity index (χ4n) is 4.08. The molecule has 13 heteroatoms. The first-order chi connectivity index (χ1) is 16.4. The highest BCUT2D eigenvalue weighted by Gasteiger charge is 2.35. The Morgan fingerprint density at radius 3 is 2.65 bits per heavy atom. The van der Waals surface area contributed by atoms with Crippen LogP contribution in [0.2, 0.25) is 5.02 Å². The molecule has 34 heavy (non-hydrogen) atoms. The largest absolute Gasteiger partial charge is 0.341 e. The zero-order chi connectivity index (χ0) is 23.8. The lowest BCUT2D eigenvalue weighted by molar-refractivity contribution is 0.138. The molecule has 1 atom stereocenters. The van der Waals surface area contributed by atoms with E-state index in [2.05, 4.69) is 30.1 Å². The standard InChI is InChI=1S/C21H22ClFN10O/c1-13-27-14(2)32(29-13)19-16(23)12-25-20(28-19)30-8-10-31(11-9-30)21(34)33-17(5-7-26-33)18-15(22)4-3-6-24-18/h3-4,6-7,12,17H,5,8-11H2,1-2H3/t17-/m0/s1. The molecule has 1 fully saturated rings. The number of nitrogens with zero attached hydrogens (tertiary/aromatic N) is 10. The summed E-state index contributed by atoms with van der Waals surface area (Å²) in [7, 11) is 0. The second-order valence-electron chi connectivity index (χ2n) is 7.98. The molecule has 0 aliphatic carbocycles. The van der Waals surface area contributed by atoms with Gasteiger partial charge in [0.1, 0.15) is 17.7 Å². The molecule has 5 rings (SSSR count). The number of rotatable bonds is 3. The molecular weight excluding hydrogens is 463 g/mol. The van der Waals surface area contributed by atoms with E-state index in [1.54, 1.807) is 43.3 Å². The van der Waals surface area contributed by atoms with Crippen molar-refractivity contribution in [3.63, 3.8) is 0 Å². The van der Waals surface area contributed by atoms with Gasteiger partial charge in [-0.1, -0.05) is 11.6 Å². The molecular formula is C21H22ClFN10O. The molecule has 2 aliphatic rings. The molecule has 5 heterocycles. The lowest BCUT2D eigenvalue weighted by Gasteiger charge is -2.37. The number of urea groups is 1. The van der Waals surface area contributed by atoms with Crippen molar-refractivity contribution >= 4 is 29.8 Å². The van der Waals surface area contributed by atoms with Crippen molar-refractivity contribution in [3.8, 4) is 5.82 Å². The maximum atomic E-state index is 14.4. The molecule has 3 aromatic heterocycles. The third kappa shape index (κ3) is 4.04. The highest BCUT2D eigenvalue weighted by Crippen LogP contribution is 2.32. The number of anilines is 1. The van der Waals surface area contributed by atoms with Crippen LogP contribution in [0.1, 0.15) is 29.8 Å². The van der Waals surface area contributed by atoms with Crippen molar-refractivity contribution < 1.29 is 9.18 Å². The summed E-state index contributed by atoms with van der Waals surface area (Å²) >= 11 is 6.30. The SMILES string of the molecule is Cc1nc(C)n(-c2nc(N3CCN(C(=O)N4N=CC[C@H]4c4ncccc4Cl)CC3)ncc2F)n1. The van der Waals surface area contributed by atoms with Crippen LogP contribution in [0.5, 0.6) is 0 Å². The Morgan fingerprint density at radius 1 is 1.15 bits per heavy atom. The van der Waals surface area contributed by atoms with Crippen LogP contribution in [0.4, 0.5) is 15.1 Å². The maximum absolute atomic E-state index is 14.4. The van der Waals surface area contributed by atoms with Gasteiger partial charge in [-0.2, -0.15) is 14.8 Å². The number of aromatic nitrogens is 6. The van der Waals surface area contributed by atoms with Gasteiger partial charge < -0.3 is 9.80 Å². The van der Waals surface area contributed by atoms with Crippen molar-refractivity contribution in [3.05, 3.63) is 52.7 Å². The molecule has 0 bridgehead atoms. The van der Waals surface area contributed by atoms with Gasteiger partial charge in [-0.05, 0) is 26.0 Å². The van der Waals surface area contributed by atoms with Gasteiger partial charge in [-0.15, -0.1) is 5.10 Å². The summed E-state index contributed by atoms with van der Waals surface area (Å²) in [6.07, 6.45) is 5.03. The fraction of sp³-hybridized carbons (Fsp3) is 0.381. The third-order valence-corrected chi connectivity index (χ3v) is 6.07. The third-order valence-electron chi connectivity index (χ3n) is 5.75. The van der Waals surface area contributed by atoms with E-state index in [0.717, 1.165) is 6.20 Å². The molecule has 176 valence electrons. The number of hydrogen-bond acceptors (Lipinski definition) is 8. The predicted octanol–water partition coefficient (Wildman–Crippen LogP) is 2.54. The first-order valence-corrected chi connectivity index (χ1v) is 11.2. The van der Waals surface area contributed by atoms with Crippen LogP contribution in [0.25, 0.3) is 5.82 Å². The summed E-state index contributed by atoms with van der Waals surface area (Å²) in [6.45, 7) is 5.31. The topological polar surface area (TPSA) is 109 Å². The van der Waals surface area contributed by atoms with Crippen LogP contribution in [0.3, 0.4) is 0 Å². The minimum absolute atomic E-state index is 0.0445. The second-order valence-corrected chi connectivity index (χ2v) is 8.39. The highest BCUT2D eigenvalue weighted by molar-refractivity contribution is 6.31. The number of pyridine rings is 1. The fourth-order valence-corrected chi connectivity index (χ4v) is 4.33. The molecule has 0 aromatic carbocycles. The molecule has 3 aromatic rings. The average Bonchev–Trinajstić information content (AvgIpc) is 3.45. The van der Waals surface area contributed by atoms with Crippen LogP contribution in [0.15, 0.2) is 29.6 Å². The molecule has 1 saturated heterocycles. The van der Waals surface area contributed by atoms with E-state index in [4.69, 9.17) is 11.6 Å². The van der Waals surface area contributed by atoms with E-state index in [-0.39, 0.29) is 17.9 Å². The quantitative estimate of drug-likeness (QED) is 0.562. The van der Waals surface area contributed by atoms with E-state index >= 15 is 0 Å². The molecule has 0 radical (unpaired) electrons. The van der Waals surface area contributed by atoms with Crippen LogP contribution in [0, 0.1) is 19.7 Å². The minimum atomic E-state index is -0.586. The Labute approximate surface area is 199 Å². The van der Waals surface area contributed by atoms with Crippen molar-refractivity contribution in [2.45, 2.75) is 26.3 Å². The average molecular weight is 485 g/mol. The van der Waals surface area contributed by atoms with Gasteiger partial charge >= 0.3 is 6.03 Å². The summed E-state index contributed by atoms with van der Waals surface area (Å²) in [5.74, 6) is 0.886. The molecule has 2 aliphatic heterocycles. The van der Waals surface area contributed by atoms with Crippen molar-refractivity contribution in [1.82, 2.24) is 39.6 Å². The first-order valence-electron chi connectivity index (χ1n) is 10.8. The van der Waals surface area contributed by atoms with Crippen LogP contribution >= 0.6 is 11.6 Å². The molecule has 0 N–H and O–H groups in total. The number of hydrogen-bond donors (Lipinski definition) is 0. The highest BCUT2D eigenvalue weighted by atomic mass is 35.5. The number of hydrazone groups is 1. The molecule has 0 spiro atoms. The zero-order valence-electron chi connectivity index (χ0n) is 18.6. The smallest absolute Gasteiger partial charge is 0.337 e. The van der Waals surface area contributed by atoms with Gasteiger partial charge in [0.25, 0.3) is 0 Å². The Kier molecular flexibility index (Phi) is 5.82. The summed E-state index contributed by atoms with van der Waals surface area (Å²) < 4.78 is 15.8. The number of amides is 2.